The number of aromatic nitrogens is 2. The molecule has 1 aromatic carbocycles. The number of aliphatic hydroxyl groups is 1. The first kappa shape index (κ1) is 12.3. The Kier molecular flexibility index (Phi) is 2.83. The second-order valence-corrected chi connectivity index (χ2v) is 4.71. The van der Waals surface area contributed by atoms with Crippen LogP contribution in [0.3, 0.4) is 0 Å². The largest absolute Gasteiger partial charge is 0.395 e. The van der Waals surface area contributed by atoms with Crippen LogP contribution in [0.15, 0.2) is 24.4 Å². The number of benzene rings is 1. The number of H-pyrrole nitrogens is 1. The average molecular weight is 266 g/mol. The normalized spacial score (nSPS) is 17.2. The Morgan fingerprint density at radius 2 is 2.11 bits per heavy atom. The lowest BCUT2D eigenvalue weighted by molar-refractivity contribution is -0.0880. The summed E-state index contributed by atoms with van der Waals surface area (Å²) in [6, 6.07) is 3.65. The van der Waals surface area contributed by atoms with Gasteiger partial charge in [-0.3, -0.25) is 0 Å². The number of nitrogens with one attached hydrogen (secondary N) is 1. The van der Waals surface area contributed by atoms with E-state index in [1.54, 1.807) is 0 Å². The highest BCUT2D eigenvalue weighted by molar-refractivity contribution is 5.58. The molecule has 2 N–H and O–H groups in total. The van der Waals surface area contributed by atoms with Crippen LogP contribution in [-0.2, 0) is 10.2 Å². The summed E-state index contributed by atoms with van der Waals surface area (Å²) in [4.78, 5) is 7.23. The van der Waals surface area contributed by atoms with Crippen molar-refractivity contribution in [1.82, 2.24) is 9.97 Å². The van der Waals surface area contributed by atoms with Crippen LogP contribution in [0.5, 0.6) is 0 Å². The van der Waals surface area contributed by atoms with E-state index in [9.17, 15) is 13.9 Å². The molecule has 1 fully saturated rings. The fourth-order valence-electron chi connectivity index (χ4n) is 2.05. The Bertz CT molecular complexity index is 603. The molecule has 2 aromatic rings. The minimum atomic E-state index is -0.905. The van der Waals surface area contributed by atoms with Crippen LogP contribution in [0.2, 0.25) is 0 Å². The van der Waals surface area contributed by atoms with Gasteiger partial charge in [-0.2, -0.15) is 0 Å². The third-order valence-corrected chi connectivity index (χ3v) is 3.37. The third-order valence-electron chi connectivity index (χ3n) is 3.37. The maximum absolute atomic E-state index is 13.2. The molecule has 2 heterocycles. The van der Waals surface area contributed by atoms with Crippen molar-refractivity contribution in [2.24, 2.45) is 0 Å². The number of ether oxygens (including phenoxy) is 1. The van der Waals surface area contributed by atoms with Gasteiger partial charge in [0, 0.05) is 5.56 Å². The summed E-state index contributed by atoms with van der Waals surface area (Å²) < 4.78 is 31.2. The van der Waals surface area contributed by atoms with Crippen molar-refractivity contribution in [3.63, 3.8) is 0 Å². The highest BCUT2D eigenvalue weighted by atomic mass is 19.2. The number of aliphatic hydroxyl groups excluding tert-OH is 1. The molecule has 1 aliphatic heterocycles. The monoisotopic (exact) mass is 266 g/mol. The van der Waals surface area contributed by atoms with E-state index >= 15 is 0 Å². The molecule has 0 atom stereocenters. The summed E-state index contributed by atoms with van der Waals surface area (Å²) in [5, 5.41) is 9.40. The fraction of sp³-hybridized carbons (Fsp3) is 0.308. The topological polar surface area (TPSA) is 58.1 Å². The van der Waals surface area contributed by atoms with Crippen molar-refractivity contribution in [2.45, 2.75) is 5.41 Å². The van der Waals surface area contributed by atoms with E-state index in [2.05, 4.69) is 9.97 Å². The first-order valence-corrected chi connectivity index (χ1v) is 5.84. The fourth-order valence-corrected chi connectivity index (χ4v) is 2.05. The van der Waals surface area contributed by atoms with E-state index in [1.165, 1.54) is 12.3 Å². The highest BCUT2D eigenvalue weighted by Gasteiger charge is 2.42. The molecule has 0 unspecified atom stereocenters. The zero-order valence-electron chi connectivity index (χ0n) is 9.99. The first-order chi connectivity index (χ1) is 9.14. The van der Waals surface area contributed by atoms with Crippen LogP contribution in [-0.4, -0.2) is 34.9 Å². The molecule has 0 saturated carbocycles. The molecule has 100 valence electrons. The minimum Gasteiger partial charge on any atom is -0.395 e. The summed E-state index contributed by atoms with van der Waals surface area (Å²) in [5.74, 6) is -1.19. The zero-order valence-corrected chi connectivity index (χ0v) is 9.99. The van der Waals surface area contributed by atoms with Crippen LogP contribution in [0.25, 0.3) is 11.3 Å². The molecule has 0 aliphatic carbocycles. The van der Waals surface area contributed by atoms with Gasteiger partial charge in [0.2, 0.25) is 0 Å². The number of hydrogen-bond donors (Lipinski definition) is 2. The van der Waals surface area contributed by atoms with Crippen LogP contribution < -0.4 is 0 Å². The Labute approximate surface area is 108 Å². The van der Waals surface area contributed by atoms with Gasteiger partial charge in [0.25, 0.3) is 0 Å². The molecule has 19 heavy (non-hydrogen) atoms. The molecule has 1 aliphatic rings. The molecule has 0 amide bonds. The second-order valence-electron chi connectivity index (χ2n) is 4.71. The number of nitrogens with zero attached hydrogens (tertiary/aromatic N) is 1. The van der Waals surface area contributed by atoms with E-state index in [0.29, 0.717) is 30.3 Å². The highest BCUT2D eigenvalue weighted by Crippen LogP contribution is 2.31. The number of imidazole rings is 1. The predicted octanol–water partition coefficient (Wildman–Crippen LogP) is 1.62. The lowest BCUT2D eigenvalue weighted by Gasteiger charge is -2.37. The van der Waals surface area contributed by atoms with E-state index in [-0.39, 0.29) is 6.61 Å². The van der Waals surface area contributed by atoms with Crippen molar-refractivity contribution in [3.8, 4) is 11.3 Å². The van der Waals surface area contributed by atoms with Crippen molar-refractivity contribution in [1.29, 1.82) is 0 Å². The second kappa shape index (κ2) is 4.40. The van der Waals surface area contributed by atoms with Crippen molar-refractivity contribution in [3.05, 3.63) is 41.9 Å². The smallest absolute Gasteiger partial charge is 0.159 e. The Morgan fingerprint density at radius 1 is 1.32 bits per heavy atom. The quantitative estimate of drug-likeness (QED) is 0.887. The van der Waals surface area contributed by atoms with Crippen LogP contribution in [0.1, 0.15) is 5.82 Å². The SMILES string of the molecule is OCC1(c2ncc(-c3ccc(F)c(F)c3)[nH]2)COC1. The third kappa shape index (κ3) is 1.93. The maximum Gasteiger partial charge on any atom is 0.159 e. The Morgan fingerprint density at radius 3 is 2.68 bits per heavy atom. The van der Waals surface area contributed by atoms with E-state index in [0.717, 1.165) is 12.1 Å². The summed E-state index contributed by atoms with van der Waals surface area (Å²) in [7, 11) is 0. The van der Waals surface area contributed by atoms with Gasteiger partial charge in [-0.1, -0.05) is 0 Å². The van der Waals surface area contributed by atoms with Crippen molar-refractivity contribution in [2.75, 3.05) is 19.8 Å². The van der Waals surface area contributed by atoms with Crippen LogP contribution in [0.4, 0.5) is 8.78 Å². The lowest BCUT2D eigenvalue weighted by atomic mass is 9.86. The standard InChI is InChI=1S/C13H12F2N2O2/c14-9-2-1-8(3-10(9)15)11-4-16-12(17-11)13(5-18)6-19-7-13/h1-4,18H,5-7H2,(H,16,17). The molecule has 0 spiro atoms. The minimum absolute atomic E-state index is 0.0717. The predicted molar refractivity (Wildman–Crippen MR) is 63.5 cm³/mol. The van der Waals surface area contributed by atoms with Gasteiger partial charge < -0.3 is 14.8 Å². The van der Waals surface area contributed by atoms with Gasteiger partial charge in [0.15, 0.2) is 11.6 Å². The van der Waals surface area contributed by atoms with Crippen molar-refractivity contribution >= 4 is 0 Å². The molecule has 1 saturated heterocycles. The zero-order chi connectivity index (χ0) is 13.5. The molecule has 1 aromatic heterocycles. The summed E-state index contributed by atoms with van der Waals surface area (Å²) in [5.41, 5.74) is 0.580. The first-order valence-electron chi connectivity index (χ1n) is 5.84. The Hall–Kier alpha value is -1.79. The van der Waals surface area contributed by atoms with E-state index < -0.39 is 17.0 Å². The van der Waals surface area contributed by atoms with E-state index in [1.807, 2.05) is 0 Å². The molecule has 3 rings (SSSR count). The number of hydrogen-bond acceptors (Lipinski definition) is 3. The van der Waals surface area contributed by atoms with Gasteiger partial charge in [-0.05, 0) is 18.2 Å². The van der Waals surface area contributed by atoms with Crippen LogP contribution >= 0.6 is 0 Å². The number of halogens is 2. The van der Waals surface area contributed by atoms with Gasteiger partial charge in [-0.25, -0.2) is 13.8 Å². The Balaban J connectivity index is 1.94. The summed E-state index contributed by atoms with van der Waals surface area (Å²) in [6.07, 6.45) is 1.54. The summed E-state index contributed by atoms with van der Waals surface area (Å²) in [6.45, 7) is 0.722. The van der Waals surface area contributed by atoms with Crippen molar-refractivity contribution < 1.29 is 18.6 Å². The lowest BCUT2D eigenvalue weighted by Crippen LogP contribution is -2.50. The molecular formula is C13H12F2N2O2. The molecule has 0 radical (unpaired) electrons. The maximum atomic E-state index is 13.2. The van der Waals surface area contributed by atoms with Gasteiger partial charge >= 0.3 is 0 Å². The van der Waals surface area contributed by atoms with Gasteiger partial charge in [-0.15, -0.1) is 0 Å². The molecule has 4 nitrogen and oxygen atoms in total. The van der Waals surface area contributed by atoms with Gasteiger partial charge in [0.05, 0.1) is 37.1 Å². The van der Waals surface area contributed by atoms with Crippen LogP contribution in [0, 0.1) is 11.6 Å². The number of aromatic amines is 1. The molecular weight excluding hydrogens is 254 g/mol. The van der Waals surface area contributed by atoms with Gasteiger partial charge in [0.1, 0.15) is 5.82 Å². The number of rotatable bonds is 3. The van der Waals surface area contributed by atoms with E-state index in [4.69, 9.17) is 4.74 Å². The molecule has 6 heteroatoms. The molecule has 0 bridgehead atoms. The summed E-state index contributed by atoms with van der Waals surface area (Å²) >= 11 is 0. The average Bonchev–Trinajstić information content (AvgIpc) is 2.82.